The predicted octanol–water partition coefficient (Wildman–Crippen LogP) is 0.670. The Kier molecular flexibility index (Phi) is 5.74. The van der Waals surface area contributed by atoms with Crippen molar-refractivity contribution < 1.29 is 18.3 Å². The molecule has 0 radical (unpaired) electrons. The van der Waals surface area contributed by atoms with Crippen molar-refractivity contribution in [2.45, 2.75) is 43.4 Å². The Hall–Kier alpha value is -0.270. The highest BCUT2D eigenvalue weighted by atomic mass is 32.2. The van der Waals surface area contributed by atoms with Gasteiger partial charge in [-0.25, -0.2) is 8.42 Å². The molecule has 116 valence electrons. The molecule has 0 aliphatic carbocycles. The average molecular weight is 321 g/mol. The second-order valence-corrected chi connectivity index (χ2v) is 9.10. The number of likely N-dealkylation sites (tertiary alicyclic amines) is 1. The fraction of sp³-hybridized carbons (Fsp3) is 0.923. The van der Waals surface area contributed by atoms with Crippen LogP contribution in [0, 0.1) is 0 Å². The van der Waals surface area contributed by atoms with Gasteiger partial charge in [-0.2, -0.15) is 0 Å². The van der Waals surface area contributed by atoms with Gasteiger partial charge >= 0.3 is 0 Å². The minimum Gasteiger partial charge on any atom is -0.396 e. The van der Waals surface area contributed by atoms with Crippen molar-refractivity contribution in [1.82, 2.24) is 4.90 Å². The van der Waals surface area contributed by atoms with Crippen LogP contribution in [0.3, 0.4) is 0 Å². The molecule has 5 nitrogen and oxygen atoms in total. The van der Waals surface area contributed by atoms with Crippen LogP contribution in [0.4, 0.5) is 0 Å². The van der Waals surface area contributed by atoms with E-state index in [1.54, 1.807) is 0 Å². The van der Waals surface area contributed by atoms with E-state index in [-0.39, 0.29) is 35.3 Å². The molecule has 2 aliphatic heterocycles. The lowest BCUT2D eigenvalue weighted by atomic mass is 10.1. The van der Waals surface area contributed by atoms with Crippen molar-refractivity contribution in [3.05, 3.63) is 0 Å². The fourth-order valence-corrected chi connectivity index (χ4v) is 6.48. The van der Waals surface area contributed by atoms with Gasteiger partial charge in [0.2, 0.25) is 5.91 Å². The monoisotopic (exact) mass is 321 g/mol. The highest BCUT2D eigenvalue weighted by Gasteiger charge is 2.31. The van der Waals surface area contributed by atoms with Crippen LogP contribution in [0.1, 0.15) is 32.1 Å². The van der Waals surface area contributed by atoms with Crippen molar-refractivity contribution in [1.29, 1.82) is 0 Å². The van der Waals surface area contributed by atoms with Crippen molar-refractivity contribution in [2.75, 3.05) is 30.4 Å². The Bertz CT molecular complexity index is 438. The van der Waals surface area contributed by atoms with Gasteiger partial charge in [0.25, 0.3) is 0 Å². The summed E-state index contributed by atoms with van der Waals surface area (Å²) in [7, 11) is -2.86. The van der Waals surface area contributed by atoms with E-state index in [0.717, 1.165) is 32.2 Å². The lowest BCUT2D eigenvalue weighted by Crippen LogP contribution is -2.37. The van der Waals surface area contributed by atoms with Crippen LogP contribution in [0.25, 0.3) is 0 Å². The van der Waals surface area contributed by atoms with E-state index in [0.29, 0.717) is 12.2 Å². The number of sulfone groups is 1. The van der Waals surface area contributed by atoms with Gasteiger partial charge in [0, 0.05) is 24.4 Å². The Morgan fingerprint density at radius 3 is 2.80 bits per heavy atom. The van der Waals surface area contributed by atoms with E-state index in [1.807, 2.05) is 4.90 Å². The molecule has 1 amide bonds. The van der Waals surface area contributed by atoms with Gasteiger partial charge in [-0.1, -0.05) is 0 Å². The lowest BCUT2D eigenvalue weighted by molar-refractivity contribution is -0.129. The summed E-state index contributed by atoms with van der Waals surface area (Å²) >= 11 is 1.49. The Balaban J connectivity index is 1.76. The minimum atomic E-state index is -2.86. The minimum absolute atomic E-state index is 0.0856. The summed E-state index contributed by atoms with van der Waals surface area (Å²) in [6, 6.07) is 0.266. The number of aliphatic hydroxyl groups excluding tert-OH is 1. The second-order valence-electron chi connectivity index (χ2n) is 5.59. The van der Waals surface area contributed by atoms with Gasteiger partial charge in [-0.05, 0) is 32.1 Å². The van der Waals surface area contributed by atoms with Crippen LogP contribution < -0.4 is 0 Å². The molecule has 2 heterocycles. The van der Waals surface area contributed by atoms with E-state index < -0.39 is 9.84 Å². The van der Waals surface area contributed by atoms with Gasteiger partial charge in [0.05, 0.1) is 17.3 Å². The number of hydrogen-bond acceptors (Lipinski definition) is 5. The van der Waals surface area contributed by atoms with Crippen molar-refractivity contribution >= 4 is 27.5 Å². The molecule has 0 spiro atoms. The Morgan fingerprint density at radius 2 is 2.15 bits per heavy atom. The van der Waals surface area contributed by atoms with Crippen LogP contribution in [0.15, 0.2) is 0 Å². The number of amides is 1. The predicted molar refractivity (Wildman–Crippen MR) is 80.6 cm³/mol. The Morgan fingerprint density at radius 1 is 1.35 bits per heavy atom. The van der Waals surface area contributed by atoms with E-state index in [2.05, 4.69) is 0 Å². The first-order chi connectivity index (χ1) is 9.52. The van der Waals surface area contributed by atoms with Crippen LogP contribution in [-0.4, -0.2) is 66.0 Å². The van der Waals surface area contributed by atoms with Gasteiger partial charge in [0.1, 0.15) is 0 Å². The van der Waals surface area contributed by atoms with Gasteiger partial charge in [-0.15, -0.1) is 11.8 Å². The number of aliphatic hydroxyl groups is 1. The first-order valence-electron chi connectivity index (χ1n) is 7.24. The molecule has 2 rings (SSSR count). The van der Waals surface area contributed by atoms with Gasteiger partial charge < -0.3 is 10.0 Å². The smallest absolute Gasteiger partial charge is 0.232 e. The second kappa shape index (κ2) is 7.13. The summed E-state index contributed by atoms with van der Waals surface area (Å²) in [4.78, 5) is 14.2. The zero-order valence-electron chi connectivity index (χ0n) is 11.7. The summed E-state index contributed by atoms with van der Waals surface area (Å²) in [5.41, 5.74) is 0. The third kappa shape index (κ3) is 4.36. The van der Waals surface area contributed by atoms with E-state index in [4.69, 9.17) is 5.11 Å². The molecule has 0 aromatic carbocycles. The first-order valence-corrected chi connectivity index (χ1v) is 10.1. The van der Waals surface area contributed by atoms with Crippen molar-refractivity contribution in [3.8, 4) is 0 Å². The first kappa shape index (κ1) is 16.1. The highest BCUT2D eigenvalue weighted by Crippen LogP contribution is 2.27. The molecule has 0 aromatic rings. The summed E-state index contributed by atoms with van der Waals surface area (Å²) in [5, 5.41) is 8.97. The van der Waals surface area contributed by atoms with Crippen molar-refractivity contribution in [3.63, 3.8) is 0 Å². The van der Waals surface area contributed by atoms with Gasteiger partial charge in [0.15, 0.2) is 9.84 Å². The quantitative estimate of drug-likeness (QED) is 0.778. The number of hydrogen-bond donors (Lipinski definition) is 1. The van der Waals surface area contributed by atoms with Crippen LogP contribution in [0.5, 0.6) is 0 Å². The summed E-state index contributed by atoms with van der Waals surface area (Å²) in [5.74, 6) is 0.996. The third-order valence-electron chi connectivity index (χ3n) is 4.03. The Labute approximate surface area is 125 Å². The zero-order valence-corrected chi connectivity index (χ0v) is 13.3. The fourth-order valence-electron chi connectivity index (χ4n) is 2.96. The molecule has 2 saturated heterocycles. The maximum absolute atomic E-state index is 12.2. The largest absolute Gasteiger partial charge is 0.396 e. The highest BCUT2D eigenvalue weighted by molar-refractivity contribution is 8.02. The SMILES string of the molecule is O=C(CSC1CCS(=O)(=O)C1)N1CCCC1CCCO. The van der Waals surface area contributed by atoms with E-state index in [9.17, 15) is 13.2 Å². The molecule has 7 heteroatoms. The maximum atomic E-state index is 12.2. The molecule has 2 unspecified atom stereocenters. The van der Waals surface area contributed by atoms with Crippen molar-refractivity contribution in [2.24, 2.45) is 0 Å². The van der Waals surface area contributed by atoms with Crippen LogP contribution >= 0.6 is 11.8 Å². The molecule has 20 heavy (non-hydrogen) atoms. The number of carbonyl (C=O) groups excluding carboxylic acids is 1. The molecule has 1 N–H and O–H groups in total. The lowest BCUT2D eigenvalue weighted by Gasteiger charge is -2.25. The molecule has 2 atom stereocenters. The summed E-state index contributed by atoms with van der Waals surface area (Å²) in [6.07, 6.45) is 4.33. The average Bonchev–Trinajstić information content (AvgIpc) is 2.99. The normalized spacial score (nSPS) is 28.9. The topological polar surface area (TPSA) is 74.7 Å². The number of rotatable bonds is 6. The van der Waals surface area contributed by atoms with E-state index >= 15 is 0 Å². The molecule has 2 aliphatic rings. The summed E-state index contributed by atoms with van der Waals surface area (Å²) < 4.78 is 22.8. The maximum Gasteiger partial charge on any atom is 0.232 e. The number of thioether (sulfide) groups is 1. The molecule has 0 saturated carbocycles. The summed E-state index contributed by atoms with van der Waals surface area (Å²) in [6.45, 7) is 0.978. The molecular weight excluding hydrogens is 298 g/mol. The molecule has 0 aromatic heterocycles. The van der Waals surface area contributed by atoms with Crippen LogP contribution in [-0.2, 0) is 14.6 Å². The third-order valence-corrected chi connectivity index (χ3v) is 7.29. The van der Waals surface area contributed by atoms with Gasteiger partial charge in [-0.3, -0.25) is 4.79 Å². The van der Waals surface area contributed by atoms with E-state index in [1.165, 1.54) is 11.8 Å². The number of carbonyl (C=O) groups is 1. The number of nitrogens with zero attached hydrogens (tertiary/aromatic N) is 1. The van der Waals surface area contributed by atoms with Crippen LogP contribution in [0.2, 0.25) is 0 Å². The molecular formula is C13H23NO4S2. The standard InChI is InChI=1S/C13H23NO4S2/c15-7-2-4-11-3-1-6-14(11)13(16)9-19-12-5-8-20(17,18)10-12/h11-12,15H,1-10H2. The molecule has 2 fully saturated rings. The molecule has 0 bridgehead atoms. The zero-order chi connectivity index (χ0) is 14.6.